The Morgan fingerprint density at radius 2 is 1.80 bits per heavy atom. The zero-order valence-corrected chi connectivity index (χ0v) is 23.5. The summed E-state index contributed by atoms with van der Waals surface area (Å²) in [5.41, 5.74) is -0.978. The van der Waals surface area contributed by atoms with E-state index in [1.165, 1.54) is 21.9 Å². The number of piperidine rings is 2. The summed E-state index contributed by atoms with van der Waals surface area (Å²) in [5.74, 6) is -2.55. The zero-order valence-electron chi connectivity index (χ0n) is 23.5. The van der Waals surface area contributed by atoms with E-state index in [4.69, 9.17) is 0 Å². The number of alkyl halides is 2. The monoisotopic (exact) mass is 570 g/mol. The Morgan fingerprint density at radius 1 is 1.02 bits per heavy atom. The van der Waals surface area contributed by atoms with Crippen molar-refractivity contribution in [3.63, 3.8) is 0 Å². The maximum absolute atomic E-state index is 14.0. The molecule has 1 spiro atoms. The quantitative estimate of drug-likeness (QED) is 0.587. The highest BCUT2D eigenvalue weighted by atomic mass is 19.3. The van der Waals surface area contributed by atoms with Gasteiger partial charge in [0.15, 0.2) is 0 Å². The number of benzene rings is 1. The van der Waals surface area contributed by atoms with Crippen molar-refractivity contribution in [2.24, 2.45) is 5.41 Å². The topological polar surface area (TPSA) is 93.9 Å². The van der Waals surface area contributed by atoms with Crippen molar-refractivity contribution in [2.45, 2.75) is 69.1 Å². The van der Waals surface area contributed by atoms with Gasteiger partial charge in [-0.15, -0.1) is 0 Å². The summed E-state index contributed by atoms with van der Waals surface area (Å²) in [6, 6.07) is 11.3. The number of hydrogen-bond acceptors (Lipinski definition) is 6. The molecule has 222 valence electrons. The number of halogens is 2. The summed E-state index contributed by atoms with van der Waals surface area (Å²) in [5, 5.41) is 15.6. The van der Waals surface area contributed by atoms with E-state index in [-0.39, 0.29) is 36.4 Å². The van der Waals surface area contributed by atoms with Crippen LogP contribution >= 0.6 is 0 Å². The SMILES string of the molecule is O=C(N1CC[C@@](O)(Cn2cnc(N3CCCC(F)(F)C3)cc2=O)C2(CCCC2)C1)N1CCNC[C@H]1c1ccccc1. The normalized spacial score (nSPS) is 27.8. The van der Waals surface area contributed by atoms with E-state index < -0.39 is 23.5 Å². The molecule has 2 amide bonds. The van der Waals surface area contributed by atoms with E-state index >= 15 is 0 Å². The molecule has 1 aromatic carbocycles. The lowest BCUT2D eigenvalue weighted by atomic mass is 9.66. The van der Waals surface area contributed by atoms with Gasteiger partial charge in [-0.25, -0.2) is 18.6 Å². The summed E-state index contributed by atoms with van der Waals surface area (Å²) in [6.45, 7) is 2.93. The lowest BCUT2D eigenvalue weighted by molar-refractivity contribution is -0.137. The van der Waals surface area contributed by atoms with E-state index in [0.717, 1.165) is 37.8 Å². The maximum Gasteiger partial charge on any atom is 0.320 e. The molecule has 11 heteroatoms. The van der Waals surface area contributed by atoms with Crippen molar-refractivity contribution in [1.82, 2.24) is 24.7 Å². The van der Waals surface area contributed by atoms with Crippen LogP contribution in [-0.2, 0) is 6.54 Å². The van der Waals surface area contributed by atoms with Gasteiger partial charge in [-0.2, -0.15) is 0 Å². The van der Waals surface area contributed by atoms with Crippen molar-refractivity contribution in [3.05, 3.63) is 58.6 Å². The second-order valence-electron chi connectivity index (χ2n) is 12.4. The van der Waals surface area contributed by atoms with Crippen LogP contribution in [0.2, 0.25) is 0 Å². The zero-order chi connectivity index (χ0) is 28.7. The van der Waals surface area contributed by atoms with Crippen LogP contribution in [0.1, 0.15) is 56.6 Å². The van der Waals surface area contributed by atoms with Crippen LogP contribution in [0.3, 0.4) is 0 Å². The highest BCUT2D eigenvalue weighted by molar-refractivity contribution is 5.75. The summed E-state index contributed by atoms with van der Waals surface area (Å²) in [7, 11) is 0. The Bertz CT molecular complexity index is 1300. The lowest BCUT2D eigenvalue weighted by Gasteiger charge is -2.53. The second-order valence-corrected chi connectivity index (χ2v) is 12.4. The number of hydrogen-bond donors (Lipinski definition) is 2. The van der Waals surface area contributed by atoms with Gasteiger partial charge in [0.1, 0.15) is 5.82 Å². The molecule has 0 bridgehead atoms. The van der Waals surface area contributed by atoms with Crippen LogP contribution in [-0.4, -0.2) is 87.8 Å². The number of amides is 2. The molecule has 0 radical (unpaired) electrons. The Labute approximate surface area is 239 Å². The predicted molar refractivity (Wildman–Crippen MR) is 151 cm³/mol. The number of nitrogens with zero attached hydrogens (tertiary/aromatic N) is 5. The molecule has 6 rings (SSSR count). The van der Waals surface area contributed by atoms with E-state index in [1.807, 2.05) is 28.0 Å². The number of aliphatic hydroxyl groups is 1. The van der Waals surface area contributed by atoms with Crippen LogP contribution < -0.4 is 15.8 Å². The van der Waals surface area contributed by atoms with Gasteiger partial charge in [-0.3, -0.25) is 9.36 Å². The molecule has 3 aliphatic heterocycles. The minimum absolute atomic E-state index is 0.00445. The van der Waals surface area contributed by atoms with Gasteiger partial charge >= 0.3 is 6.03 Å². The number of nitrogens with one attached hydrogen (secondary N) is 1. The van der Waals surface area contributed by atoms with Crippen LogP contribution in [0.4, 0.5) is 19.4 Å². The van der Waals surface area contributed by atoms with Crippen LogP contribution in [0.15, 0.2) is 47.5 Å². The van der Waals surface area contributed by atoms with Crippen molar-refractivity contribution in [2.75, 3.05) is 50.7 Å². The van der Waals surface area contributed by atoms with Gasteiger partial charge in [-0.05, 0) is 31.2 Å². The standard InChI is InChI=1S/C30H40F2N6O3/c31-30(32)11-6-14-35(21-30)25-17-26(39)37(22-34-25)20-29(41)12-15-36(19-28(29)9-4-5-10-28)27(40)38-16-13-33-18-24(38)23-7-2-1-3-8-23/h1-3,7-8,17,22,24,33,41H,4-6,9-16,18-21H2/t24-,29+/m0/s1. The van der Waals surface area contributed by atoms with Crippen LogP contribution in [0.25, 0.3) is 0 Å². The molecule has 4 fully saturated rings. The van der Waals surface area contributed by atoms with Crippen LogP contribution in [0.5, 0.6) is 0 Å². The molecule has 3 saturated heterocycles. The molecule has 1 saturated carbocycles. The van der Waals surface area contributed by atoms with Crippen molar-refractivity contribution in [1.29, 1.82) is 0 Å². The molecule has 2 N–H and O–H groups in total. The van der Waals surface area contributed by atoms with Gasteiger partial charge in [0.05, 0.1) is 31.1 Å². The molecular formula is C30H40F2N6O3. The highest BCUT2D eigenvalue weighted by Crippen LogP contribution is 2.52. The number of urea groups is 1. The molecule has 4 heterocycles. The number of rotatable bonds is 4. The third-order valence-electron chi connectivity index (χ3n) is 9.79. The number of carbonyl (C=O) groups is 1. The third-order valence-corrected chi connectivity index (χ3v) is 9.79. The lowest BCUT2D eigenvalue weighted by Crippen LogP contribution is -2.64. The van der Waals surface area contributed by atoms with Gasteiger partial charge in [0.25, 0.3) is 11.5 Å². The number of piperazine rings is 1. The van der Waals surface area contributed by atoms with Crippen LogP contribution in [0, 0.1) is 5.41 Å². The first-order valence-electron chi connectivity index (χ1n) is 14.9. The van der Waals surface area contributed by atoms with E-state index in [0.29, 0.717) is 45.6 Å². The second kappa shape index (κ2) is 11.0. The minimum Gasteiger partial charge on any atom is -0.387 e. The molecule has 0 unspecified atom stereocenters. The first kappa shape index (κ1) is 28.1. The van der Waals surface area contributed by atoms with Crippen molar-refractivity contribution >= 4 is 11.8 Å². The average molecular weight is 571 g/mol. The molecule has 1 aliphatic carbocycles. The number of aromatic nitrogens is 2. The number of likely N-dealkylation sites (tertiary alicyclic amines) is 1. The highest BCUT2D eigenvalue weighted by Gasteiger charge is 2.56. The van der Waals surface area contributed by atoms with E-state index in [9.17, 15) is 23.5 Å². The summed E-state index contributed by atoms with van der Waals surface area (Å²) < 4.78 is 29.3. The minimum atomic E-state index is -2.80. The fourth-order valence-corrected chi connectivity index (χ4v) is 7.50. The van der Waals surface area contributed by atoms with E-state index in [1.54, 1.807) is 0 Å². The Kier molecular flexibility index (Phi) is 7.52. The largest absolute Gasteiger partial charge is 0.387 e. The molecule has 9 nitrogen and oxygen atoms in total. The molecule has 1 aromatic heterocycles. The van der Waals surface area contributed by atoms with Gasteiger partial charge in [-0.1, -0.05) is 43.2 Å². The fraction of sp³-hybridized carbons (Fsp3) is 0.633. The Balaban J connectivity index is 1.20. The van der Waals surface area contributed by atoms with E-state index in [2.05, 4.69) is 22.4 Å². The Hall–Kier alpha value is -3.05. The fourth-order valence-electron chi connectivity index (χ4n) is 7.50. The first-order chi connectivity index (χ1) is 19.7. The summed E-state index contributed by atoms with van der Waals surface area (Å²) in [4.78, 5) is 36.8. The summed E-state index contributed by atoms with van der Waals surface area (Å²) in [6.07, 6.45) is 5.40. The molecule has 41 heavy (non-hydrogen) atoms. The summed E-state index contributed by atoms with van der Waals surface area (Å²) >= 11 is 0. The Morgan fingerprint density at radius 3 is 2.54 bits per heavy atom. The first-order valence-corrected chi connectivity index (χ1v) is 14.9. The van der Waals surface area contributed by atoms with Crippen molar-refractivity contribution < 1.29 is 18.7 Å². The maximum atomic E-state index is 14.0. The average Bonchev–Trinajstić information content (AvgIpc) is 3.45. The number of anilines is 1. The molecule has 2 aromatic rings. The third kappa shape index (κ3) is 5.46. The van der Waals surface area contributed by atoms with Gasteiger partial charge in [0.2, 0.25) is 0 Å². The van der Waals surface area contributed by atoms with Gasteiger partial charge in [0, 0.05) is 57.2 Å². The molecule has 4 aliphatic rings. The van der Waals surface area contributed by atoms with Crippen molar-refractivity contribution in [3.8, 4) is 0 Å². The molecular weight excluding hydrogens is 530 g/mol. The smallest absolute Gasteiger partial charge is 0.320 e. The predicted octanol–water partition coefficient (Wildman–Crippen LogP) is 3.24. The number of carbonyl (C=O) groups excluding carboxylic acids is 1. The van der Waals surface area contributed by atoms with Gasteiger partial charge < -0.3 is 25.1 Å². The molecule has 2 atom stereocenters.